The zero-order valence-corrected chi connectivity index (χ0v) is 17.8. The van der Waals surface area contributed by atoms with Crippen LogP contribution in [0.1, 0.15) is 18.4 Å². The summed E-state index contributed by atoms with van der Waals surface area (Å²) < 4.78 is 43.9. The summed E-state index contributed by atoms with van der Waals surface area (Å²) in [5.41, 5.74) is 0.866. The van der Waals surface area contributed by atoms with Crippen molar-refractivity contribution < 1.29 is 27.1 Å². The number of amides is 1. The third kappa shape index (κ3) is 6.64. The molecule has 0 atom stereocenters. The average Bonchev–Trinajstić information content (AvgIpc) is 2.74. The van der Waals surface area contributed by atoms with Crippen LogP contribution in [0.5, 0.6) is 0 Å². The number of nitrogens with zero attached hydrogens (tertiary/aromatic N) is 2. The van der Waals surface area contributed by atoms with Gasteiger partial charge in [0, 0.05) is 26.6 Å². The number of carbonyl (C=O) groups excluding carboxylic acids is 2. The van der Waals surface area contributed by atoms with E-state index in [1.807, 2.05) is 30.3 Å². The summed E-state index contributed by atoms with van der Waals surface area (Å²) in [6, 6.07) is 13.8. The van der Waals surface area contributed by atoms with Gasteiger partial charge in [0.15, 0.2) is 0 Å². The fourth-order valence-corrected chi connectivity index (χ4v) is 3.98. The van der Waals surface area contributed by atoms with Crippen LogP contribution in [0.2, 0.25) is 0 Å². The largest absolute Gasteiger partial charge is 0.468 e. The molecule has 0 unspecified atom stereocenters. The number of sulfonamides is 1. The first-order valence-electron chi connectivity index (χ1n) is 9.34. The van der Waals surface area contributed by atoms with E-state index in [2.05, 4.69) is 4.74 Å². The van der Waals surface area contributed by atoms with E-state index in [9.17, 15) is 22.4 Å². The van der Waals surface area contributed by atoms with Crippen LogP contribution in [0.15, 0.2) is 59.5 Å². The number of methoxy groups -OCH3 is 1. The van der Waals surface area contributed by atoms with Gasteiger partial charge in [0.25, 0.3) is 0 Å². The second kappa shape index (κ2) is 10.8. The Labute approximate surface area is 176 Å². The van der Waals surface area contributed by atoms with Crippen molar-refractivity contribution in [2.24, 2.45) is 0 Å². The van der Waals surface area contributed by atoms with Crippen LogP contribution in [0.25, 0.3) is 0 Å². The number of esters is 1. The van der Waals surface area contributed by atoms with E-state index in [-0.39, 0.29) is 43.3 Å². The van der Waals surface area contributed by atoms with Crippen molar-refractivity contribution in [3.63, 3.8) is 0 Å². The lowest BCUT2D eigenvalue weighted by Crippen LogP contribution is -2.36. The first kappa shape index (κ1) is 23.5. The zero-order valence-electron chi connectivity index (χ0n) is 17.0. The highest BCUT2D eigenvalue weighted by Gasteiger charge is 2.22. The maximum atomic E-state index is 13.0. The predicted octanol–water partition coefficient (Wildman–Crippen LogP) is 2.43. The third-order valence-electron chi connectivity index (χ3n) is 4.50. The van der Waals surface area contributed by atoms with Crippen LogP contribution in [0.3, 0.4) is 0 Å². The first-order chi connectivity index (χ1) is 14.2. The van der Waals surface area contributed by atoms with Crippen LogP contribution in [-0.2, 0) is 30.9 Å². The molecule has 2 aromatic rings. The second-order valence-corrected chi connectivity index (χ2v) is 8.74. The molecular weight excluding hydrogens is 411 g/mol. The summed E-state index contributed by atoms with van der Waals surface area (Å²) >= 11 is 0. The van der Waals surface area contributed by atoms with Crippen LogP contribution in [0.4, 0.5) is 4.39 Å². The minimum atomic E-state index is -3.78. The van der Waals surface area contributed by atoms with Gasteiger partial charge in [-0.15, -0.1) is 0 Å². The van der Waals surface area contributed by atoms with E-state index < -0.39 is 21.8 Å². The topological polar surface area (TPSA) is 84.0 Å². The molecule has 0 fully saturated rings. The lowest BCUT2D eigenvalue weighted by atomic mass is 10.2. The van der Waals surface area contributed by atoms with Gasteiger partial charge >= 0.3 is 5.97 Å². The molecule has 162 valence electrons. The highest BCUT2D eigenvalue weighted by molar-refractivity contribution is 7.89. The zero-order chi connectivity index (χ0) is 22.1. The molecule has 9 heteroatoms. The minimum Gasteiger partial charge on any atom is -0.468 e. The van der Waals surface area contributed by atoms with E-state index in [1.54, 1.807) is 0 Å². The number of hydrogen-bond donors (Lipinski definition) is 0. The summed E-state index contributed by atoms with van der Waals surface area (Å²) in [6.45, 7) is 0.162. The Morgan fingerprint density at radius 2 is 1.67 bits per heavy atom. The van der Waals surface area contributed by atoms with Crippen molar-refractivity contribution in [3.05, 3.63) is 66.0 Å². The number of ether oxygens (including phenoxy) is 1. The number of halogens is 1. The molecule has 0 saturated heterocycles. The molecule has 0 aliphatic rings. The molecule has 0 aliphatic heterocycles. The average molecular weight is 437 g/mol. The lowest BCUT2D eigenvalue weighted by molar-refractivity contribution is -0.147. The number of carbonyl (C=O) groups is 2. The van der Waals surface area contributed by atoms with E-state index in [0.717, 1.165) is 22.0 Å². The smallest absolute Gasteiger partial charge is 0.325 e. The van der Waals surface area contributed by atoms with Crippen LogP contribution < -0.4 is 0 Å². The maximum absolute atomic E-state index is 13.0. The van der Waals surface area contributed by atoms with Gasteiger partial charge in [-0.2, -0.15) is 0 Å². The summed E-state index contributed by atoms with van der Waals surface area (Å²) in [6.07, 6.45) is 0.329. The Hall–Kier alpha value is -2.78. The Balaban J connectivity index is 1.96. The van der Waals surface area contributed by atoms with Crippen molar-refractivity contribution in [1.29, 1.82) is 0 Å². The molecule has 7 nitrogen and oxygen atoms in total. The molecule has 0 spiro atoms. The van der Waals surface area contributed by atoms with Crippen molar-refractivity contribution in [2.45, 2.75) is 24.3 Å². The molecule has 0 aromatic heterocycles. The number of benzene rings is 2. The van der Waals surface area contributed by atoms with Gasteiger partial charge in [-0.05, 0) is 36.2 Å². The van der Waals surface area contributed by atoms with E-state index in [1.165, 1.54) is 31.2 Å². The van der Waals surface area contributed by atoms with Crippen LogP contribution >= 0.6 is 0 Å². The van der Waals surface area contributed by atoms with Crippen molar-refractivity contribution in [3.8, 4) is 0 Å². The van der Waals surface area contributed by atoms with Gasteiger partial charge in [0.05, 0.1) is 12.0 Å². The second-order valence-electron chi connectivity index (χ2n) is 6.70. The Kier molecular flexibility index (Phi) is 8.49. The molecule has 0 heterocycles. The summed E-state index contributed by atoms with van der Waals surface area (Å²) in [4.78, 5) is 25.7. The molecule has 2 aromatic carbocycles. The molecule has 1 amide bonds. The normalized spacial score (nSPS) is 11.3. The van der Waals surface area contributed by atoms with Gasteiger partial charge < -0.3 is 9.64 Å². The highest BCUT2D eigenvalue weighted by atomic mass is 32.2. The van der Waals surface area contributed by atoms with Crippen molar-refractivity contribution >= 4 is 21.9 Å². The van der Waals surface area contributed by atoms with Gasteiger partial charge in [0.2, 0.25) is 15.9 Å². The third-order valence-corrected chi connectivity index (χ3v) is 6.37. The van der Waals surface area contributed by atoms with Crippen molar-refractivity contribution in [1.82, 2.24) is 9.21 Å². The van der Waals surface area contributed by atoms with E-state index in [0.29, 0.717) is 0 Å². The maximum Gasteiger partial charge on any atom is 0.325 e. The van der Waals surface area contributed by atoms with Gasteiger partial charge in [-0.25, -0.2) is 17.1 Å². The Bertz CT molecular complexity index is 949. The highest BCUT2D eigenvalue weighted by Crippen LogP contribution is 2.16. The molecule has 0 bridgehead atoms. The Morgan fingerprint density at radius 1 is 1.03 bits per heavy atom. The number of rotatable bonds is 10. The molecule has 30 heavy (non-hydrogen) atoms. The summed E-state index contributed by atoms with van der Waals surface area (Å²) in [5, 5.41) is 0. The Morgan fingerprint density at radius 3 is 2.27 bits per heavy atom. The molecule has 0 aliphatic carbocycles. The van der Waals surface area contributed by atoms with E-state index in [4.69, 9.17) is 0 Å². The summed E-state index contributed by atoms with van der Waals surface area (Å²) in [5.74, 6) is -1.33. The van der Waals surface area contributed by atoms with E-state index >= 15 is 0 Å². The lowest BCUT2D eigenvalue weighted by Gasteiger charge is -2.22. The fraction of sp³-hybridized carbons (Fsp3) is 0.333. The van der Waals surface area contributed by atoms with Crippen molar-refractivity contribution in [2.75, 3.05) is 27.2 Å². The first-order valence-corrected chi connectivity index (χ1v) is 10.8. The minimum absolute atomic E-state index is 0.0193. The molecule has 0 saturated carbocycles. The molecule has 0 N–H and O–H groups in total. The predicted molar refractivity (Wildman–Crippen MR) is 109 cm³/mol. The molecule has 0 radical (unpaired) electrons. The van der Waals surface area contributed by atoms with Gasteiger partial charge in [0.1, 0.15) is 12.4 Å². The van der Waals surface area contributed by atoms with Crippen LogP contribution in [-0.4, -0.2) is 56.7 Å². The SMILES string of the molecule is COC(=O)CN(Cc1ccccc1)C(=O)CCCN(C)S(=O)(=O)c1ccc(F)cc1. The standard InChI is InChI=1S/C21H25FN2O5S/c1-23(30(27,28)19-12-10-18(22)11-13-19)14-6-9-20(25)24(16-21(26)29-2)15-17-7-4-3-5-8-17/h3-5,7-8,10-13H,6,9,14-16H2,1-2H3. The monoisotopic (exact) mass is 436 g/mol. The molecular formula is C21H25FN2O5S. The number of hydrogen-bond acceptors (Lipinski definition) is 5. The van der Waals surface area contributed by atoms with Gasteiger partial charge in [-0.3, -0.25) is 9.59 Å². The van der Waals surface area contributed by atoms with Gasteiger partial charge in [-0.1, -0.05) is 30.3 Å². The quantitative estimate of drug-likeness (QED) is 0.534. The fourth-order valence-electron chi connectivity index (χ4n) is 2.77. The van der Waals surface area contributed by atoms with Crippen LogP contribution in [0, 0.1) is 5.82 Å². The summed E-state index contributed by atoms with van der Waals surface area (Å²) in [7, 11) is -1.12. The molecule has 2 rings (SSSR count).